The highest BCUT2D eigenvalue weighted by Crippen LogP contribution is 2.47. The van der Waals surface area contributed by atoms with Gasteiger partial charge in [-0.1, -0.05) is 150 Å². The molecule has 1 aliphatic rings. The van der Waals surface area contributed by atoms with Crippen LogP contribution in [0.15, 0.2) is 72.8 Å². The maximum Gasteiger partial charge on any atom is 0.437 e. The predicted molar refractivity (Wildman–Crippen MR) is 371 cm³/mol. The molecule has 5 unspecified atom stereocenters. The Balaban J connectivity index is 1.95. The van der Waals surface area contributed by atoms with E-state index in [2.05, 4.69) is 36.9 Å². The third-order valence-corrected chi connectivity index (χ3v) is 24.6. The van der Waals surface area contributed by atoms with Gasteiger partial charge in [-0.15, -0.1) is 0 Å². The van der Waals surface area contributed by atoms with E-state index >= 15 is 28.8 Å². The van der Waals surface area contributed by atoms with Gasteiger partial charge in [0.15, 0.2) is 6.04 Å². The zero-order valence-electron chi connectivity index (χ0n) is 63.2. The van der Waals surface area contributed by atoms with Crippen molar-refractivity contribution in [3.05, 3.63) is 106 Å². The Labute approximate surface area is 565 Å². The molecule has 93 heavy (non-hydrogen) atoms. The monoisotopic (exact) mass is 1330 g/mol. The summed E-state index contributed by atoms with van der Waals surface area (Å²) < 4.78 is 33.7. The Morgan fingerprint density at radius 3 is 1.92 bits per heavy atom. The second-order valence-corrected chi connectivity index (χ2v) is 32.5. The third kappa shape index (κ3) is 15.7. The van der Waals surface area contributed by atoms with E-state index in [1.807, 2.05) is 77.9 Å². The number of amides is 7. The Morgan fingerprint density at radius 1 is 0.785 bits per heavy atom. The number of aliphatic hydroxyl groups excluding tert-OH is 2. The van der Waals surface area contributed by atoms with Gasteiger partial charge in [0.05, 0.1) is 39.8 Å². The molecule has 11 N–H and O–H groups in total. The topological polar surface area (TPSA) is 298 Å². The predicted octanol–water partition coefficient (Wildman–Crippen LogP) is 8.73. The summed E-state index contributed by atoms with van der Waals surface area (Å²) in [6.45, 7) is 36.5. The van der Waals surface area contributed by atoms with Crippen molar-refractivity contribution < 1.29 is 59.1 Å². The summed E-state index contributed by atoms with van der Waals surface area (Å²) in [5.74, 6) is -10.00. The molecule has 0 radical (unpaired) electrons. The second-order valence-electron chi connectivity index (χ2n) is 29.5. The third-order valence-electron chi connectivity index (χ3n) is 21.2. The molecular weight excluding hydrogens is 1220 g/mol. The second kappa shape index (κ2) is 29.0. The van der Waals surface area contributed by atoms with Crippen molar-refractivity contribution >= 4 is 73.8 Å². The van der Waals surface area contributed by atoms with E-state index in [-0.39, 0.29) is 35.6 Å². The molecule has 1 aromatic heterocycles. The highest BCUT2D eigenvalue weighted by atomic mass is 33.1. The molecule has 0 aliphatic carbocycles. The van der Waals surface area contributed by atoms with Crippen molar-refractivity contribution in [1.29, 1.82) is 5.53 Å². The average Bonchev–Trinajstić information content (AvgIpc) is 1.73. The zero-order valence-corrected chi connectivity index (χ0v) is 60.8. The van der Waals surface area contributed by atoms with Crippen LogP contribution in [0.25, 0.3) is 10.9 Å². The Kier molecular flexibility index (Phi) is 22.2. The van der Waals surface area contributed by atoms with Crippen LogP contribution < -0.4 is 31.9 Å². The molecule has 2 heterocycles. The number of aromatic amines is 1. The van der Waals surface area contributed by atoms with Crippen molar-refractivity contribution in [2.45, 2.75) is 245 Å². The number of H-pyrrole nitrogens is 1. The van der Waals surface area contributed by atoms with Crippen LogP contribution in [0, 0.1) is 43.6 Å². The molecule has 0 bridgehead atoms. The van der Waals surface area contributed by atoms with Gasteiger partial charge >= 0.3 is 5.91 Å². The molecule has 5 rings (SSSR count). The molecule has 3 aromatic carbocycles. The van der Waals surface area contributed by atoms with E-state index in [4.69, 9.17) is 5.48 Å². The number of fused-ring (bicyclic) bond motifs is 1. The van der Waals surface area contributed by atoms with Crippen LogP contribution in [0.5, 0.6) is 0 Å². The summed E-state index contributed by atoms with van der Waals surface area (Å²) in [7, 11) is 5.07. The van der Waals surface area contributed by atoms with E-state index < -0.39 is 157 Å². The number of nitrogens with one attached hydrogen (secondary N) is 8. The first-order valence-corrected chi connectivity index (χ1v) is 34.3. The minimum absolute atomic E-state index is 0.0236. The molecule has 0 saturated carbocycles. The SMILES string of the molecule is [2H]c1c([2H])c([2H])c(C(C)[C@](C)(C(=O)N[C@]2(C)C(=O)N[C@@H](C(C)c3ccccc3C)C(=O)N[C@](C)(C(C)(C)c3c[nH]c4cccc(C)c34)C(=O)N[C@@](C)(C(C)CC(C)(C)C(C)C)C(=O)N[C@@H](C(C)(C)O)C(=O)[N+](=N)[C@H](C(=O)NC(C(C)O)[C@@H](C)O)CSSC2(C)C)N(C)C)c(C)c1[2H]. The number of aryl methyl sites for hydroxylation is 2. The summed E-state index contributed by atoms with van der Waals surface area (Å²) in [4.78, 5) is 117. The van der Waals surface area contributed by atoms with Crippen molar-refractivity contribution in [3.8, 4) is 0 Å². The lowest BCUT2D eigenvalue weighted by atomic mass is 9.66. The quantitative estimate of drug-likeness (QED) is 0.0329. The smallest absolute Gasteiger partial charge is 0.391 e. The molecule has 22 heteroatoms. The lowest BCUT2D eigenvalue weighted by Gasteiger charge is -2.48. The lowest BCUT2D eigenvalue weighted by molar-refractivity contribution is -0.556. The van der Waals surface area contributed by atoms with Gasteiger partial charge < -0.3 is 52.2 Å². The van der Waals surface area contributed by atoms with Gasteiger partial charge in [0.1, 0.15) is 28.2 Å². The van der Waals surface area contributed by atoms with Gasteiger partial charge in [-0.05, 0) is 172 Å². The van der Waals surface area contributed by atoms with Crippen molar-refractivity contribution in [3.63, 3.8) is 0 Å². The molecule has 1 saturated heterocycles. The van der Waals surface area contributed by atoms with Crippen molar-refractivity contribution in [2.75, 3.05) is 19.8 Å². The van der Waals surface area contributed by atoms with E-state index in [0.29, 0.717) is 15.8 Å². The number of rotatable bonds is 18. The lowest BCUT2D eigenvalue weighted by Crippen LogP contribution is -2.74. The van der Waals surface area contributed by atoms with Crippen molar-refractivity contribution in [2.24, 2.45) is 17.3 Å². The number of carbonyl (C=O) groups excluding carboxylic acids is 7. The number of nitrogens with zero attached hydrogens (tertiary/aromatic N) is 2. The number of aromatic nitrogens is 1. The van der Waals surface area contributed by atoms with Gasteiger partial charge in [0.25, 0.3) is 11.9 Å². The summed E-state index contributed by atoms with van der Waals surface area (Å²) in [5.41, 5.74) is 1.20. The largest absolute Gasteiger partial charge is 0.437 e. The molecule has 7 amide bonds. The minimum Gasteiger partial charge on any atom is -0.391 e. The summed E-state index contributed by atoms with van der Waals surface area (Å²) >= 11 is 0. The van der Waals surface area contributed by atoms with Crippen molar-refractivity contribution in [1.82, 2.24) is 41.8 Å². The van der Waals surface area contributed by atoms with Crippen LogP contribution in [-0.2, 0) is 39.0 Å². The van der Waals surface area contributed by atoms with Crippen LogP contribution in [0.3, 0.4) is 0 Å². The van der Waals surface area contributed by atoms with E-state index in [1.165, 1.54) is 48.5 Å². The summed E-state index contributed by atoms with van der Waals surface area (Å²) in [6.07, 6.45) is -0.688. The zero-order chi connectivity index (χ0) is 74.3. The fraction of sp³-hybridized carbons (Fsp3) is 0.620. The van der Waals surface area contributed by atoms with Gasteiger partial charge in [-0.2, -0.15) is 0 Å². The van der Waals surface area contributed by atoms with Crippen LogP contribution in [0.4, 0.5) is 0 Å². The fourth-order valence-electron chi connectivity index (χ4n) is 12.3. The average molecular weight is 1330 g/mol. The maximum absolute atomic E-state index is 16.6. The number of aliphatic hydroxyl groups is 3. The molecular formula is C71H109N10O10S2+. The fourth-order valence-corrected chi connectivity index (χ4v) is 15.3. The molecule has 514 valence electrons. The Bertz CT molecular complexity index is 3630. The van der Waals surface area contributed by atoms with E-state index in [1.54, 1.807) is 93.6 Å². The van der Waals surface area contributed by atoms with Crippen LogP contribution in [0.2, 0.25) is 0 Å². The number of hydrogen-bond donors (Lipinski definition) is 11. The summed E-state index contributed by atoms with van der Waals surface area (Å²) in [5, 5.41) is 52.2. The first-order chi connectivity index (χ1) is 44.3. The molecule has 4 aromatic rings. The standard InChI is InChI=1S/C71H108N10O10S2/c1-39(2)64(11,12)36-43(6)68(19)60(87)76-56(66(15,16)91)59(86)81(72)52(57(84)74-55(46(9)82)47(10)83)38-92-93-67(17,18)71(22,79-61(88)69(20,80(23)24)45(8)49-34-28-26-31-41(49)4)62(89)75-54(44(7)48-33-27-25-30-40(48)3)58(85)77-70(21,63(90)78-68)65(13,14)50-37-73-51-35-29-32-42(5)53(50)51/h25-35,37,39,43-47,52,54-56,72-73,82-83,91H,36,38H2,1-24H3,(H5-,74,75,76,77,78,79,84,85,87,88,89,90)/p+1/t43?,44?,45?,46-,47?,52+,54+,55?,56-,68+,69-,70+,71-/m1/s1/i26D,28D,31D,34D. The van der Waals surface area contributed by atoms with Crippen LogP contribution in [0.1, 0.15) is 189 Å². The maximum atomic E-state index is 16.6. The van der Waals surface area contributed by atoms with Gasteiger partial charge in [0, 0.05) is 34.4 Å². The molecule has 1 aliphatic heterocycles. The first-order valence-electron chi connectivity index (χ1n) is 34.0. The van der Waals surface area contributed by atoms with E-state index in [9.17, 15) is 25.6 Å². The molecule has 20 nitrogen and oxygen atoms in total. The van der Waals surface area contributed by atoms with E-state index in [0.717, 1.165) is 43.6 Å². The first kappa shape index (κ1) is 71.1. The Morgan fingerprint density at radius 2 is 1.37 bits per heavy atom. The summed E-state index contributed by atoms with van der Waals surface area (Å²) in [6, 6.07) is 4.46. The van der Waals surface area contributed by atoms with Gasteiger partial charge in [-0.25, -0.2) is 4.79 Å². The number of benzene rings is 3. The van der Waals surface area contributed by atoms with Gasteiger partial charge in [-0.3, -0.25) is 33.7 Å². The van der Waals surface area contributed by atoms with Crippen LogP contribution >= 0.6 is 21.6 Å². The molecule has 0 spiro atoms. The van der Waals surface area contributed by atoms with Crippen LogP contribution in [-0.4, -0.2) is 160 Å². The highest BCUT2D eigenvalue weighted by molar-refractivity contribution is 8.77. The molecule has 1 fully saturated rings. The number of hydrogen-bond acceptors (Lipinski definition) is 14. The molecule has 13 atom stereocenters. The highest BCUT2D eigenvalue weighted by Gasteiger charge is 2.59. The Hall–Kier alpha value is -6.17. The number of carbonyl (C=O) groups is 7. The van der Waals surface area contributed by atoms with Gasteiger partial charge in [0.2, 0.25) is 29.5 Å². The normalized spacial score (nSPS) is 26.1. The number of likely N-dealkylation sites (N-methyl/N-ethyl adjacent to an activating group) is 1. The minimum atomic E-state index is -2.20.